The lowest BCUT2D eigenvalue weighted by atomic mass is 10.1. The Balaban J connectivity index is 1.92. The second-order valence-electron chi connectivity index (χ2n) is 6.03. The SMILES string of the molecule is CCn1c(CN(C)C(=O)c2cc(F)ccc2C)nc2ccc(Cl)cc21. The monoisotopic (exact) mass is 359 g/mol. The van der Waals surface area contributed by atoms with E-state index in [0.29, 0.717) is 23.7 Å². The summed E-state index contributed by atoms with van der Waals surface area (Å²) in [5.74, 6) is 0.118. The van der Waals surface area contributed by atoms with E-state index in [1.165, 1.54) is 12.1 Å². The Morgan fingerprint density at radius 3 is 2.76 bits per heavy atom. The van der Waals surface area contributed by atoms with Crippen LogP contribution in [0.3, 0.4) is 0 Å². The first-order valence-electron chi connectivity index (χ1n) is 8.07. The molecule has 0 aliphatic rings. The number of carbonyl (C=O) groups excluding carboxylic acids is 1. The molecule has 2 aromatic carbocycles. The maximum atomic E-state index is 13.5. The van der Waals surface area contributed by atoms with Crippen LogP contribution in [-0.2, 0) is 13.1 Å². The molecular formula is C19H19ClFN3O. The lowest BCUT2D eigenvalue weighted by Gasteiger charge is -2.18. The third-order valence-electron chi connectivity index (χ3n) is 4.26. The number of imidazole rings is 1. The van der Waals surface area contributed by atoms with Crippen molar-refractivity contribution in [3.63, 3.8) is 0 Å². The summed E-state index contributed by atoms with van der Waals surface area (Å²) in [6, 6.07) is 9.77. The molecule has 0 bridgehead atoms. The number of benzene rings is 2. The van der Waals surface area contributed by atoms with Crippen LogP contribution in [0, 0.1) is 12.7 Å². The standard InChI is InChI=1S/C19H19ClFN3O/c1-4-24-17-9-13(20)6-8-16(17)22-18(24)11-23(3)19(25)15-10-14(21)7-5-12(15)2/h5-10H,4,11H2,1-3H3. The first kappa shape index (κ1) is 17.4. The highest BCUT2D eigenvalue weighted by Crippen LogP contribution is 2.22. The average Bonchev–Trinajstić information content (AvgIpc) is 2.92. The highest BCUT2D eigenvalue weighted by Gasteiger charge is 2.18. The molecule has 0 saturated heterocycles. The summed E-state index contributed by atoms with van der Waals surface area (Å²) < 4.78 is 15.5. The van der Waals surface area contributed by atoms with Gasteiger partial charge < -0.3 is 9.47 Å². The summed E-state index contributed by atoms with van der Waals surface area (Å²) in [4.78, 5) is 18.9. The Morgan fingerprint density at radius 2 is 2.04 bits per heavy atom. The van der Waals surface area contributed by atoms with Crippen molar-refractivity contribution in [2.24, 2.45) is 0 Å². The first-order chi connectivity index (χ1) is 11.9. The molecule has 3 rings (SSSR count). The van der Waals surface area contributed by atoms with E-state index >= 15 is 0 Å². The minimum atomic E-state index is -0.419. The molecule has 1 amide bonds. The predicted octanol–water partition coefficient (Wildman–Crippen LogP) is 4.43. The van der Waals surface area contributed by atoms with Crippen molar-refractivity contribution in [2.45, 2.75) is 26.9 Å². The van der Waals surface area contributed by atoms with Crippen molar-refractivity contribution in [1.82, 2.24) is 14.5 Å². The molecule has 0 saturated carbocycles. The van der Waals surface area contributed by atoms with Gasteiger partial charge >= 0.3 is 0 Å². The van der Waals surface area contributed by atoms with Crippen LogP contribution < -0.4 is 0 Å². The summed E-state index contributed by atoms with van der Waals surface area (Å²) >= 11 is 6.08. The summed E-state index contributed by atoms with van der Waals surface area (Å²) in [7, 11) is 1.69. The van der Waals surface area contributed by atoms with Gasteiger partial charge in [0.25, 0.3) is 5.91 Å². The van der Waals surface area contributed by atoms with E-state index in [-0.39, 0.29) is 5.91 Å². The highest BCUT2D eigenvalue weighted by molar-refractivity contribution is 6.31. The van der Waals surface area contributed by atoms with Gasteiger partial charge in [0.2, 0.25) is 0 Å². The zero-order valence-corrected chi connectivity index (χ0v) is 15.1. The molecule has 4 nitrogen and oxygen atoms in total. The van der Waals surface area contributed by atoms with Crippen LogP contribution in [0.15, 0.2) is 36.4 Å². The van der Waals surface area contributed by atoms with E-state index in [9.17, 15) is 9.18 Å². The second kappa shape index (κ2) is 6.84. The van der Waals surface area contributed by atoms with Crippen LogP contribution in [0.2, 0.25) is 5.02 Å². The number of hydrogen-bond acceptors (Lipinski definition) is 2. The number of aromatic nitrogens is 2. The van der Waals surface area contributed by atoms with Gasteiger partial charge in [-0.2, -0.15) is 0 Å². The lowest BCUT2D eigenvalue weighted by molar-refractivity contribution is 0.0779. The zero-order chi connectivity index (χ0) is 18.1. The van der Waals surface area contributed by atoms with Gasteiger partial charge in [0.05, 0.1) is 17.6 Å². The molecule has 0 atom stereocenters. The van der Waals surface area contributed by atoms with Gasteiger partial charge in [-0.05, 0) is 49.7 Å². The fourth-order valence-electron chi connectivity index (χ4n) is 2.93. The molecule has 25 heavy (non-hydrogen) atoms. The molecule has 0 N–H and O–H groups in total. The quantitative estimate of drug-likeness (QED) is 0.691. The third-order valence-corrected chi connectivity index (χ3v) is 4.50. The number of fused-ring (bicyclic) bond motifs is 1. The number of hydrogen-bond donors (Lipinski definition) is 0. The molecule has 1 heterocycles. The molecule has 1 aromatic heterocycles. The Bertz CT molecular complexity index is 951. The average molecular weight is 360 g/mol. The van der Waals surface area contributed by atoms with Gasteiger partial charge in [0, 0.05) is 24.2 Å². The van der Waals surface area contributed by atoms with Gasteiger partial charge in [0.1, 0.15) is 11.6 Å². The van der Waals surface area contributed by atoms with Crippen LogP contribution in [0.4, 0.5) is 4.39 Å². The number of halogens is 2. The zero-order valence-electron chi connectivity index (χ0n) is 14.4. The smallest absolute Gasteiger partial charge is 0.254 e. The summed E-state index contributed by atoms with van der Waals surface area (Å²) in [5, 5.41) is 0.647. The topological polar surface area (TPSA) is 38.1 Å². The molecule has 0 fully saturated rings. The first-order valence-corrected chi connectivity index (χ1v) is 8.44. The molecule has 0 radical (unpaired) electrons. The van der Waals surface area contributed by atoms with E-state index in [4.69, 9.17) is 11.6 Å². The number of nitrogens with zero attached hydrogens (tertiary/aromatic N) is 3. The lowest BCUT2D eigenvalue weighted by Crippen LogP contribution is -2.28. The fourth-order valence-corrected chi connectivity index (χ4v) is 3.10. The Labute approximate surface area is 150 Å². The van der Waals surface area contributed by atoms with Crippen LogP contribution in [0.25, 0.3) is 11.0 Å². The van der Waals surface area contributed by atoms with E-state index < -0.39 is 5.82 Å². The molecule has 0 aliphatic carbocycles. The van der Waals surface area contributed by atoms with Crippen LogP contribution in [0.1, 0.15) is 28.7 Å². The summed E-state index contributed by atoms with van der Waals surface area (Å²) in [6.45, 7) is 4.86. The number of rotatable bonds is 4. The van der Waals surface area contributed by atoms with Gasteiger partial charge in [0.15, 0.2) is 0 Å². The number of amides is 1. The van der Waals surface area contributed by atoms with E-state index in [1.54, 1.807) is 31.0 Å². The normalized spacial score (nSPS) is 11.1. The van der Waals surface area contributed by atoms with Crippen LogP contribution >= 0.6 is 11.6 Å². The molecule has 6 heteroatoms. The molecule has 3 aromatic rings. The van der Waals surface area contributed by atoms with E-state index in [0.717, 1.165) is 22.4 Å². The fraction of sp³-hybridized carbons (Fsp3) is 0.263. The van der Waals surface area contributed by atoms with Gasteiger partial charge in [-0.3, -0.25) is 4.79 Å². The predicted molar refractivity (Wildman–Crippen MR) is 97.4 cm³/mol. The van der Waals surface area contributed by atoms with Gasteiger partial charge in [-0.25, -0.2) is 9.37 Å². The van der Waals surface area contributed by atoms with Gasteiger partial charge in [-0.1, -0.05) is 17.7 Å². The Kier molecular flexibility index (Phi) is 4.77. The summed E-state index contributed by atoms with van der Waals surface area (Å²) in [5.41, 5.74) is 2.88. The number of aryl methyl sites for hydroxylation is 2. The third kappa shape index (κ3) is 3.37. The number of carbonyl (C=O) groups is 1. The highest BCUT2D eigenvalue weighted by atomic mass is 35.5. The molecule has 130 valence electrons. The minimum Gasteiger partial charge on any atom is -0.334 e. The van der Waals surface area contributed by atoms with E-state index in [2.05, 4.69) is 4.98 Å². The second-order valence-corrected chi connectivity index (χ2v) is 6.46. The minimum absolute atomic E-state index is 0.232. The van der Waals surface area contributed by atoms with Crippen LogP contribution in [-0.4, -0.2) is 27.4 Å². The van der Waals surface area contributed by atoms with Crippen molar-refractivity contribution >= 4 is 28.5 Å². The van der Waals surface area contributed by atoms with Crippen molar-refractivity contribution in [2.75, 3.05) is 7.05 Å². The van der Waals surface area contributed by atoms with Crippen molar-refractivity contribution < 1.29 is 9.18 Å². The largest absolute Gasteiger partial charge is 0.334 e. The van der Waals surface area contributed by atoms with Crippen LogP contribution in [0.5, 0.6) is 0 Å². The van der Waals surface area contributed by atoms with Crippen molar-refractivity contribution in [3.05, 3.63) is 64.2 Å². The molecule has 0 spiro atoms. The molecule has 0 aliphatic heterocycles. The van der Waals surface area contributed by atoms with E-state index in [1.807, 2.05) is 23.6 Å². The van der Waals surface area contributed by atoms with Gasteiger partial charge in [-0.15, -0.1) is 0 Å². The maximum Gasteiger partial charge on any atom is 0.254 e. The van der Waals surface area contributed by atoms with Crippen molar-refractivity contribution in [1.29, 1.82) is 0 Å². The summed E-state index contributed by atoms with van der Waals surface area (Å²) in [6.07, 6.45) is 0. The van der Waals surface area contributed by atoms with Crippen molar-refractivity contribution in [3.8, 4) is 0 Å². The Morgan fingerprint density at radius 1 is 1.28 bits per heavy atom. The molecule has 0 unspecified atom stereocenters. The maximum absolute atomic E-state index is 13.5. The molecular weight excluding hydrogens is 341 g/mol. The Hall–Kier alpha value is -2.40.